The molecule has 0 aromatic heterocycles. The number of rotatable bonds is 3. The number of carbonyl (C=O) groups is 2. The number of nitrogens with zero attached hydrogens (tertiary/aromatic N) is 2. The summed E-state index contributed by atoms with van der Waals surface area (Å²) in [5.74, 6) is -0.777. The highest BCUT2D eigenvalue weighted by molar-refractivity contribution is 5.74. The topological polar surface area (TPSA) is 70.4 Å². The number of hydrogen-bond acceptors (Lipinski definition) is 4. The molecule has 0 spiro atoms. The van der Waals surface area contributed by atoms with Crippen LogP contribution in [0.1, 0.15) is 13.8 Å². The Bertz CT molecular complexity index is 219. The van der Waals surface area contributed by atoms with Gasteiger partial charge in [-0.15, -0.1) is 0 Å². The molecule has 5 nitrogen and oxygen atoms in total. The molecule has 0 heterocycles. The zero-order chi connectivity index (χ0) is 9.56. The maximum atomic E-state index is 10.6. The Morgan fingerprint density at radius 2 is 2.08 bits per heavy atom. The lowest BCUT2D eigenvalue weighted by Crippen LogP contribution is -2.27. The van der Waals surface area contributed by atoms with Crippen LogP contribution in [0, 0.1) is 11.5 Å². The molecule has 0 aromatic rings. The molecule has 0 aliphatic rings. The van der Waals surface area contributed by atoms with Crippen LogP contribution in [0.2, 0.25) is 0 Å². The van der Waals surface area contributed by atoms with Crippen LogP contribution in [-0.2, 0) is 14.3 Å². The van der Waals surface area contributed by atoms with Crippen molar-refractivity contribution in [3.8, 4) is 6.19 Å². The highest BCUT2D eigenvalue weighted by Gasteiger charge is 2.06. The van der Waals surface area contributed by atoms with Gasteiger partial charge in [-0.05, 0) is 0 Å². The molecule has 0 saturated carbocycles. The van der Waals surface area contributed by atoms with Crippen LogP contribution in [0.15, 0.2) is 0 Å². The molecule has 0 N–H and O–H groups in total. The van der Waals surface area contributed by atoms with Crippen LogP contribution in [0.3, 0.4) is 0 Å². The molecule has 0 aliphatic heterocycles. The standard InChI is InChI=1S/C7H10N2O3/c1-6(10)9(5-8)3-4-12-7(2)11/h3-4H2,1-2H3. The van der Waals surface area contributed by atoms with Crippen molar-refractivity contribution in [1.82, 2.24) is 4.90 Å². The van der Waals surface area contributed by atoms with Gasteiger partial charge in [-0.3, -0.25) is 9.59 Å². The van der Waals surface area contributed by atoms with E-state index in [1.165, 1.54) is 13.8 Å². The summed E-state index contributed by atoms with van der Waals surface area (Å²) in [6, 6.07) is 0. The summed E-state index contributed by atoms with van der Waals surface area (Å²) in [4.78, 5) is 21.8. The molecule has 0 bridgehead atoms. The third-order valence-corrected chi connectivity index (χ3v) is 1.12. The van der Waals surface area contributed by atoms with Crippen LogP contribution in [0.5, 0.6) is 0 Å². The Morgan fingerprint density at radius 1 is 1.50 bits per heavy atom. The van der Waals surface area contributed by atoms with Gasteiger partial charge in [-0.25, -0.2) is 4.90 Å². The summed E-state index contributed by atoms with van der Waals surface area (Å²) in [5, 5.41) is 8.38. The number of esters is 1. The average molecular weight is 170 g/mol. The molecule has 0 radical (unpaired) electrons. The molecule has 0 aromatic carbocycles. The van der Waals surface area contributed by atoms with Crippen LogP contribution in [0.25, 0.3) is 0 Å². The zero-order valence-electron chi connectivity index (χ0n) is 7.03. The fraction of sp³-hybridized carbons (Fsp3) is 0.571. The molecular formula is C7H10N2O3. The van der Waals surface area contributed by atoms with Gasteiger partial charge in [-0.2, -0.15) is 5.26 Å². The van der Waals surface area contributed by atoms with E-state index < -0.39 is 5.97 Å². The van der Waals surface area contributed by atoms with E-state index in [0.717, 1.165) is 4.90 Å². The summed E-state index contributed by atoms with van der Waals surface area (Å²) in [7, 11) is 0. The predicted octanol–water partition coefficient (Wildman–Crippen LogP) is -0.121. The summed E-state index contributed by atoms with van der Waals surface area (Å²) in [6.07, 6.45) is 1.67. The Balaban J connectivity index is 3.68. The maximum Gasteiger partial charge on any atom is 0.302 e. The quantitative estimate of drug-likeness (QED) is 0.336. The Hall–Kier alpha value is -1.57. The monoisotopic (exact) mass is 170 g/mol. The lowest BCUT2D eigenvalue weighted by molar-refractivity contribution is -0.142. The minimum Gasteiger partial charge on any atom is -0.464 e. The molecule has 0 fully saturated rings. The number of amides is 1. The van der Waals surface area contributed by atoms with Gasteiger partial charge >= 0.3 is 5.97 Å². The van der Waals surface area contributed by atoms with Crippen LogP contribution in [-0.4, -0.2) is 29.9 Å². The fourth-order valence-electron chi connectivity index (χ4n) is 0.559. The molecular weight excluding hydrogens is 160 g/mol. The van der Waals surface area contributed by atoms with E-state index in [9.17, 15) is 9.59 Å². The van der Waals surface area contributed by atoms with Gasteiger partial charge in [-0.1, -0.05) is 0 Å². The molecule has 66 valence electrons. The summed E-state index contributed by atoms with van der Waals surface area (Å²) >= 11 is 0. The average Bonchev–Trinajstić information content (AvgIpc) is 1.96. The lowest BCUT2D eigenvalue weighted by Gasteiger charge is -2.09. The van der Waals surface area contributed by atoms with Gasteiger partial charge in [0.05, 0.1) is 6.54 Å². The van der Waals surface area contributed by atoms with E-state index in [4.69, 9.17) is 5.26 Å². The third kappa shape index (κ3) is 4.28. The van der Waals surface area contributed by atoms with Crippen molar-refractivity contribution in [3.63, 3.8) is 0 Å². The molecule has 0 unspecified atom stereocenters. The number of ether oxygens (including phenoxy) is 1. The van der Waals surface area contributed by atoms with Crippen molar-refractivity contribution >= 4 is 11.9 Å². The van der Waals surface area contributed by atoms with E-state index in [-0.39, 0.29) is 19.1 Å². The van der Waals surface area contributed by atoms with E-state index >= 15 is 0 Å². The van der Waals surface area contributed by atoms with E-state index in [0.29, 0.717) is 0 Å². The molecule has 0 rings (SSSR count). The van der Waals surface area contributed by atoms with Crippen molar-refractivity contribution in [2.24, 2.45) is 0 Å². The normalized spacial score (nSPS) is 8.42. The Labute approximate surface area is 70.5 Å². The number of hydrogen-bond donors (Lipinski definition) is 0. The largest absolute Gasteiger partial charge is 0.464 e. The van der Waals surface area contributed by atoms with E-state index in [2.05, 4.69) is 4.74 Å². The SMILES string of the molecule is CC(=O)OCCN(C#N)C(C)=O. The highest BCUT2D eigenvalue weighted by atomic mass is 16.5. The van der Waals surface area contributed by atoms with Crippen LogP contribution < -0.4 is 0 Å². The predicted molar refractivity (Wildman–Crippen MR) is 39.6 cm³/mol. The fourth-order valence-corrected chi connectivity index (χ4v) is 0.559. The Kier molecular flexibility index (Phi) is 4.46. The van der Waals surface area contributed by atoms with E-state index in [1.807, 2.05) is 0 Å². The van der Waals surface area contributed by atoms with Crippen molar-refractivity contribution in [2.75, 3.05) is 13.2 Å². The van der Waals surface area contributed by atoms with Crippen molar-refractivity contribution < 1.29 is 14.3 Å². The molecule has 12 heavy (non-hydrogen) atoms. The van der Waals surface area contributed by atoms with Crippen molar-refractivity contribution in [3.05, 3.63) is 0 Å². The lowest BCUT2D eigenvalue weighted by atomic mass is 10.5. The van der Waals surface area contributed by atoms with Gasteiger partial charge < -0.3 is 4.74 Å². The molecule has 5 heteroatoms. The number of nitriles is 1. The maximum absolute atomic E-state index is 10.6. The van der Waals surface area contributed by atoms with Crippen LogP contribution in [0.4, 0.5) is 0 Å². The second-order valence-corrected chi connectivity index (χ2v) is 2.11. The molecule has 1 amide bonds. The highest BCUT2D eigenvalue weighted by Crippen LogP contribution is 1.86. The first-order valence-electron chi connectivity index (χ1n) is 3.39. The van der Waals surface area contributed by atoms with Gasteiger partial charge in [0.25, 0.3) is 0 Å². The van der Waals surface area contributed by atoms with Gasteiger partial charge in [0.1, 0.15) is 6.61 Å². The third-order valence-electron chi connectivity index (χ3n) is 1.12. The first-order chi connectivity index (χ1) is 5.57. The Morgan fingerprint density at radius 3 is 2.42 bits per heavy atom. The molecule has 0 aliphatic carbocycles. The molecule has 0 atom stereocenters. The van der Waals surface area contributed by atoms with Crippen molar-refractivity contribution in [1.29, 1.82) is 5.26 Å². The van der Waals surface area contributed by atoms with Gasteiger partial charge in [0.15, 0.2) is 6.19 Å². The summed E-state index contributed by atoms with van der Waals surface area (Å²) < 4.78 is 4.54. The van der Waals surface area contributed by atoms with Crippen molar-refractivity contribution in [2.45, 2.75) is 13.8 Å². The minimum atomic E-state index is -0.420. The first kappa shape index (κ1) is 10.4. The van der Waals surface area contributed by atoms with E-state index in [1.54, 1.807) is 6.19 Å². The number of carbonyl (C=O) groups excluding carboxylic acids is 2. The second-order valence-electron chi connectivity index (χ2n) is 2.11. The van der Waals surface area contributed by atoms with Gasteiger partial charge in [0.2, 0.25) is 5.91 Å². The molecule has 0 saturated heterocycles. The summed E-state index contributed by atoms with van der Waals surface area (Å²) in [5.41, 5.74) is 0. The first-order valence-corrected chi connectivity index (χ1v) is 3.39. The second kappa shape index (κ2) is 5.13. The smallest absolute Gasteiger partial charge is 0.302 e. The minimum absolute atomic E-state index is 0.0580. The van der Waals surface area contributed by atoms with Crippen LogP contribution >= 0.6 is 0 Å². The zero-order valence-corrected chi connectivity index (χ0v) is 7.03. The summed E-state index contributed by atoms with van der Waals surface area (Å²) in [6.45, 7) is 2.72. The van der Waals surface area contributed by atoms with Gasteiger partial charge in [0, 0.05) is 13.8 Å².